The molecule has 0 bridgehead atoms. The monoisotopic (exact) mass is 205 g/mol. The molecular weight excluding hydrogens is 186 g/mol. The van der Waals surface area contributed by atoms with E-state index in [1.165, 1.54) is 0 Å². The summed E-state index contributed by atoms with van der Waals surface area (Å²) in [5.41, 5.74) is 2.11. The summed E-state index contributed by atoms with van der Waals surface area (Å²) in [6.07, 6.45) is 0. The highest BCUT2D eigenvalue weighted by atomic mass is 32.2. The van der Waals surface area contributed by atoms with Gasteiger partial charge in [-0.3, -0.25) is 10.2 Å². The van der Waals surface area contributed by atoms with E-state index < -0.39 is 0 Å². The Hall–Kier alpha value is -0.260. The lowest BCUT2D eigenvalue weighted by Crippen LogP contribution is -2.32. The van der Waals surface area contributed by atoms with Gasteiger partial charge in [0, 0.05) is 12.3 Å². The van der Waals surface area contributed by atoms with Crippen LogP contribution in [0.25, 0.3) is 0 Å². The molecule has 13 heavy (non-hydrogen) atoms. The van der Waals surface area contributed by atoms with Gasteiger partial charge in [0.15, 0.2) is 0 Å². The quantitative estimate of drug-likeness (QED) is 0.267. The van der Waals surface area contributed by atoms with Crippen LogP contribution < -0.4 is 11.3 Å². The molecule has 0 aliphatic heterocycles. The number of hydrogen-bond acceptors (Lipinski definition) is 4. The molecule has 0 heterocycles. The molecule has 3 N–H and O–H groups in total. The van der Waals surface area contributed by atoms with Crippen molar-refractivity contribution in [1.82, 2.24) is 10.3 Å². The second-order valence-electron chi connectivity index (χ2n) is 2.65. The van der Waals surface area contributed by atoms with Crippen LogP contribution in [0.1, 0.15) is 13.8 Å². The van der Waals surface area contributed by atoms with Crippen molar-refractivity contribution in [2.75, 3.05) is 31.1 Å². The van der Waals surface area contributed by atoms with Gasteiger partial charge in [0.1, 0.15) is 0 Å². The molecule has 0 aliphatic carbocycles. The predicted octanol–water partition coefficient (Wildman–Crippen LogP) is 0.0513. The fourth-order valence-electron chi connectivity index (χ4n) is 0.940. The van der Waals surface area contributed by atoms with Crippen LogP contribution in [-0.4, -0.2) is 41.9 Å². The van der Waals surface area contributed by atoms with Crippen molar-refractivity contribution >= 4 is 17.7 Å². The summed E-state index contributed by atoms with van der Waals surface area (Å²) in [6.45, 7) is 7.46. The maximum atomic E-state index is 10.7. The van der Waals surface area contributed by atoms with Crippen molar-refractivity contribution in [2.45, 2.75) is 13.8 Å². The van der Waals surface area contributed by atoms with E-state index in [0.717, 1.165) is 25.4 Å². The third-order valence-corrected chi connectivity index (χ3v) is 2.78. The predicted molar refractivity (Wildman–Crippen MR) is 57.4 cm³/mol. The standard InChI is InChI=1S/C8H19N3OS/c1-3-11(4-2)5-6-13-7-8(12)10-9/h3-7,9H2,1-2H3,(H,10,12). The lowest BCUT2D eigenvalue weighted by Gasteiger charge is -2.16. The minimum Gasteiger partial charge on any atom is -0.303 e. The summed E-state index contributed by atoms with van der Waals surface area (Å²) in [6, 6.07) is 0. The van der Waals surface area contributed by atoms with Gasteiger partial charge in [0.25, 0.3) is 0 Å². The van der Waals surface area contributed by atoms with Crippen LogP contribution in [0.4, 0.5) is 0 Å². The molecule has 0 atom stereocenters. The molecule has 0 aromatic carbocycles. The minimum absolute atomic E-state index is 0.107. The number of nitrogens with two attached hydrogens (primary N) is 1. The molecule has 0 aromatic heterocycles. The molecule has 0 radical (unpaired) electrons. The first-order chi connectivity index (χ1) is 6.24. The van der Waals surface area contributed by atoms with Gasteiger partial charge in [0.05, 0.1) is 5.75 Å². The number of carbonyl (C=O) groups is 1. The first-order valence-corrected chi connectivity index (χ1v) is 5.69. The van der Waals surface area contributed by atoms with Crippen LogP contribution in [0.2, 0.25) is 0 Å². The van der Waals surface area contributed by atoms with Crippen LogP contribution in [0.3, 0.4) is 0 Å². The van der Waals surface area contributed by atoms with E-state index in [9.17, 15) is 4.79 Å². The van der Waals surface area contributed by atoms with Crippen molar-refractivity contribution in [2.24, 2.45) is 5.84 Å². The van der Waals surface area contributed by atoms with Gasteiger partial charge in [0.2, 0.25) is 5.91 Å². The van der Waals surface area contributed by atoms with Gasteiger partial charge in [-0.2, -0.15) is 11.8 Å². The molecule has 78 valence electrons. The molecule has 5 heteroatoms. The van der Waals surface area contributed by atoms with E-state index in [0.29, 0.717) is 5.75 Å². The highest BCUT2D eigenvalue weighted by Crippen LogP contribution is 2.00. The zero-order chi connectivity index (χ0) is 10.1. The van der Waals surface area contributed by atoms with E-state index in [1.807, 2.05) is 0 Å². The number of amides is 1. The Bertz CT molecular complexity index is 139. The number of rotatable bonds is 7. The third kappa shape index (κ3) is 6.86. The number of carbonyl (C=O) groups excluding carboxylic acids is 1. The molecule has 0 saturated heterocycles. The zero-order valence-electron chi connectivity index (χ0n) is 8.38. The third-order valence-electron chi connectivity index (χ3n) is 1.84. The number of nitrogens with one attached hydrogen (secondary N) is 1. The normalized spacial score (nSPS) is 10.5. The number of nitrogens with zero attached hydrogens (tertiary/aromatic N) is 1. The van der Waals surface area contributed by atoms with Gasteiger partial charge >= 0.3 is 0 Å². The Morgan fingerprint density at radius 1 is 1.46 bits per heavy atom. The largest absolute Gasteiger partial charge is 0.303 e. The Morgan fingerprint density at radius 3 is 2.54 bits per heavy atom. The van der Waals surface area contributed by atoms with Crippen molar-refractivity contribution in [3.8, 4) is 0 Å². The lowest BCUT2D eigenvalue weighted by atomic mass is 10.5. The van der Waals surface area contributed by atoms with Crippen LogP contribution >= 0.6 is 11.8 Å². The lowest BCUT2D eigenvalue weighted by molar-refractivity contribution is -0.118. The van der Waals surface area contributed by atoms with Crippen molar-refractivity contribution < 1.29 is 4.79 Å². The summed E-state index contributed by atoms with van der Waals surface area (Å²) in [4.78, 5) is 13.1. The molecule has 0 spiro atoms. The zero-order valence-corrected chi connectivity index (χ0v) is 9.19. The fourth-order valence-corrected chi connectivity index (χ4v) is 1.74. The molecule has 4 nitrogen and oxygen atoms in total. The average molecular weight is 205 g/mol. The highest BCUT2D eigenvalue weighted by Gasteiger charge is 2.00. The minimum atomic E-state index is -0.107. The number of hydrazine groups is 1. The summed E-state index contributed by atoms with van der Waals surface area (Å²) < 4.78 is 0. The maximum Gasteiger partial charge on any atom is 0.243 e. The van der Waals surface area contributed by atoms with E-state index in [1.54, 1.807) is 11.8 Å². The van der Waals surface area contributed by atoms with E-state index in [2.05, 4.69) is 24.2 Å². The second kappa shape index (κ2) is 8.34. The Kier molecular flexibility index (Phi) is 8.18. The van der Waals surface area contributed by atoms with E-state index in [-0.39, 0.29) is 5.91 Å². The van der Waals surface area contributed by atoms with Gasteiger partial charge in [-0.15, -0.1) is 0 Å². The smallest absolute Gasteiger partial charge is 0.243 e. The molecule has 0 saturated carbocycles. The SMILES string of the molecule is CCN(CC)CCSCC(=O)NN. The molecule has 1 amide bonds. The number of hydrogen-bond donors (Lipinski definition) is 2. The Morgan fingerprint density at radius 2 is 2.08 bits per heavy atom. The van der Waals surface area contributed by atoms with Crippen LogP contribution in [-0.2, 0) is 4.79 Å². The van der Waals surface area contributed by atoms with Crippen molar-refractivity contribution in [3.05, 3.63) is 0 Å². The molecule has 0 rings (SSSR count). The summed E-state index contributed by atoms with van der Waals surface area (Å²) in [5.74, 6) is 6.27. The molecule has 0 unspecified atom stereocenters. The first-order valence-electron chi connectivity index (χ1n) is 4.54. The van der Waals surface area contributed by atoms with Gasteiger partial charge in [-0.25, -0.2) is 5.84 Å². The summed E-state index contributed by atoms with van der Waals surface area (Å²) in [7, 11) is 0. The highest BCUT2D eigenvalue weighted by molar-refractivity contribution is 7.99. The molecule has 0 aliphatic rings. The molecule has 0 fully saturated rings. The van der Waals surface area contributed by atoms with Gasteiger partial charge < -0.3 is 4.90 Å². The van der Waals surface area contributed by atoms with Crippen LogP contribution in [0.15, 0.2) is 0 Å². The maximum absolute atomic E-state index is 10.7. The topological polar surface area (TPSA) is 58.4 Å². The Labute approximate surface area is 84.2 Å². The fraction of sp³-hybridized carbons (Fsp3) is 0.875. The second-order valence-corrected chi connectivity index (χ2v) is 3.75. The van der Waals surface area contributed by atoms with Crippen LogP contribution in [0.5, 0.6) is 0 Å². The van der Waals surface area contributed by atoms with E-state index >= 15 is 0 Å². The van der Waals surface area contributed by atoms with Crippen molar-refractivity contribution in [3.63, 3.8) is 0 Å². The average Bonchev–Trinajstić information content (AvgIpc) is 2.18. The first kappa shape index (κ1) is 12.7. The number of thioether (sulfide) groups is 1. The summed E-state index contributed by atoms with van der Waals surface area (Å²) >= 11 is 1.61. The van der Waals surface area contributed by atoms with Gasteiger partial charge in [-0.05, 0) is 13.1 Å². The Balaban J connectivity index is 3.28. The van der Waals surface area contributed by atoms with E-state index in [4.69, 9.17) is 5.84 Å². The summed E-state index contributed by atoms with van der Waals surface area (Å²) in [5, 5.41) is 0. The van der Waals surface area contributed by atoms with Crippen LogP contribution in [0, 0.1) is 0 Å². The van der Waals surface area contributed by atoms with Crippen molar-refractivity contribution in [1.29, 1.82) is 0 Å². The molecule has 0 aromatic rings. The van der Waals surface area contributed by atoms with Gasteiger partial charge in [-0.1, -0.05) is 13.8 Å². The molecular formula is C8H19N3OS.